The van der Waals surface area contributed by atoms with Crippen molar-refractivity contribution in [2.45, 2.75) is 20.3 Å². The van der Waals surface area contributed by atoms with Gasteiger partial charge >= 0.3 is 0 Å². The zero-order valence-corrected chi connectivity index (χ0v) is 16.1. The van der Waals surface area contributed by atoms with Gasteiger partial charge in [-0.25, -0.2) is 0 Å². The van der Waals surface area contributed by atoms with Crippen LogP contribution in [-0.4, -0.2) is 61.2 Å². The SMILES string of the molecule is C[C@@H]1C[C@@H](C)CN(S(=O)(=O)N2CCN(c3ccc([N+](=O)[O-])cc3)CC2)C1. The van der Waals surface area contributed by atoms with E-state index in [1.54, 1.807) is 20.7 Å². The monoisotopic (exact) mass is 382 g/mol. The Bertz CT molecular complexity index is 735. The molecular weight excluding hydrogens is 356 g/mol. The van der Waals surface area contributed by atoms with Crippen molar-refractivity contribution in [2.24, 2.45) is 11.8 Å². The zero-order chi connectivity index (χ0) is 18.9. The summed E-state index contributed by atoms with van der Waals surface area (Å²) in [6, 6.07) is 6.40. The normalized spacial score (nSPS) is 26.0. The molecule has 9 heteroatoms. The van der Waals surface area contributed by atoms with Gasteiger partial charge in [0, 0.05) is 57.1 Å². The molecule has 1 aromatic carbocycles. The highest BCUT2D eigenvalue weighted by Gasteiger charge is 2.36. The summed E-state index contributed by atoms with van der Waals surface area (Å²) in [5.41, 5.74) is 0.941. The van der Waals surface area contributed by atoms with Crippen molar-refractivity contribution in [2.75, 3.05) is 44.2 Å². The lowest BCUT2D eigenvalue weighted by molar-refractivity contribution is -0.384. The molecule has 0 amide bonds. The number of rotatable bonds is 4. The summed E-state index contributed by atoms with van der Waals surface area (Å²) in [6.45, 7) is 7.41. The van der Waals surface area contributed by atoms with Gasteiger partial charge in [-0.2, -0.15) is 17.0 Å². The first-order valence-corrected chi connectivity index (χ1v) is 10.4. The number of nitro groups is 1. The number of piperidine rings is 1. The van der Waals surface area contributed by atoms with Gasteiger partial charge in [-0.1, -0.05) is 13.8 Å². The molecule has 2 aliphatic heterocycles. The third-order valence-electron chi connectivity index (χ3n) is 5.15. The third-order valence-corrected chi connectivity index (χ3v) is 7.12. The minimum atomic E-state index is -3.42. The van der Waals surface area contributed by atoms with Crippen molar-refractivity contribution in [3.8, 4) is 0 Å². The maximum Gasteiger partial charge on any atom is 0.282 e. The highest BCUT2D eigenvalue weighted by Crippen LogP contribution is 2.26. The van der Waals surface area contributed by atoms with Crippen molar-refractivity contribution in [3.63, 3.8) is 0 Å². The number of hydrogen-bond acceptors (Lipinski definition) is 5. The van der Waals surface area contributed by atoms with Gasteiger partial charge in [0.2, 0.25) is 0 Å². The Morgan fingerprint density at radius 1 is 0.962 bits per heavy atom. The summed E-state index contributed by atoms with van der Waals surface area (Å²) in [5, 5.41) is 10.8. The Morgan fingerprint density at radius 2 is 1.50 bits per heavy atom. The Morgan fingerprint density at radius 3 is 2.00 bits per heavy atom. The molecule has 144 valence electrons. The maximum absolute atomic E-state index is 13.0. The summed E-state index contributed by atoms with van der Waals surface area (Å²) >= 11 is 0. The number of benzene rings is 1. The molecule has 0 bridgehead atoms. The van der Waals surface area contributed by atoms with Gasteiger partial charge in [0.15, 0.2) is 0 Å². The van der Waals surface area contributed by atoms with E-state index in [0.29, 0.717) is 51.1 Å². The fourth-order valence-corrected chi connectivity index (χ4v) is 5.76. The van der Waals surface area contributed by atoms with Gasteiger partial charge in [0.1, 0.15) is 0 Å². The van der Waals surface area contributed by atoms with Gasteiger partial charge in [0.25, 0.3) is 15.9 Å². The number of nitrogens with zero attached hydrogens (tertiary/aromatic N) is 4. The number of piperazine rings is 1. The number of non-ortho nitro benzene ring substituents is 1. The third kappa shape index (κ3) is 3.99. The van der Waals surface area contributed by atoms with E-state index in [4.69, 9.17) is 0 Å². The van der Waals surface area contributed by atoms with Crippen molar-refractivity contribution in [1.82, 2.24) is 8.61 Å². The molecule has 0 aromatic heterocycles. The molecule has 0 saturated carbocycles. The van der Waals surface area contributed by atoms with E-state index in [2.05, 4.69) is 18.7 Å². The van der Waals surface area contributed by atoms with Gasteiger partial charge in [-0.05, 0) is 30.4 Å². The zero-order valence-electron chi connectivity index (χ0n) is 15.2. The molecule has 2 heterocycles. The van der Waals surface area contributed by atoms with Crippen LogP contribution in [0.3, 0.4) is 0 Å². The molecule has 0 aliphatic carbocycles. The van der Waals surface area contributed by atoms with Crippen molar-refractivity contribution in [1.29, 1.82) is 0 Å². The quantitative estimate of drug-likeness (QED) is 0.587. The second-order valence-corrected chi connectivity index (χ2v) is 9.36. The smallest absolute Gasteiger partial charge is 0.282 e. The van der Waals surface area contributed by atoms with E-state index in [1.807, 2.05) is 0 Å². The molecule has 8 nitrogen and oxygen atoms in total. The molecule has 0 unspecified atom stereocenters. The van der Waals surface area contributed by atoms with Crippen molar-refractivity contribution < 1.29 is 13.3 Å². The van der Waals surface area contributed by atoms with Gasteiger partial charge in [0.05, 0.1) is 4.92 Å². The van der Waals surface area contributed by atoms with E-state index >= 15 is 0 Å². The summed E-state index contributed by atoms with van der Waals surface area (Å²) < 4.78 is 29.1. The van der Waals surface area contributed by atoms with Crippen LogP contribution in [-0.2, 0) is 10.2 Å². The van der Waals surface area contributed by atoms with E-state index in [1.165, 1.54) is 12.1 Å². The first-order chi connectivity index (χ1) is 12.3. The van der Waals surface area contributed by atoms with Crippen LogP contribution in [0.4, 0.5) is 11.4 Å². The molecule has 2 fully saturated rings. The summed E-state index contributed by atoms with van der Waals surface area (Å²) in [4.78, 5) is 12.4. The van der Waals surface area contributed by atoms with E-state index in [0.717, 1.165) is 12.1 Å². The Hall–Kier alpha value is -1.71. The Kier molecular flexibility index (Phi) is 5.50. The second kappa shape index (κ2) is 7.50. The molecular formula is C17H26N4O4S. The van der Waals surface area contributed by atoms with Crippen LogP contribution in [0, 0.1) is 22.0 Å². The average molecular weight is 382 g/mol. The highest BCUT2D eigenvalue weighted by atomic mass is 32.2. The van der Waals surface area contributed by atoms with Crippen molar-refractivity contribution in [3.05, 3.63) is 34.4 Å². The maximum atomic E-state index is 13.0. The molecule has 0 radical (unpaired) electrons. The van der Waals surface area contributed by atoms with Crippen LogP contribution in [0.1, 0.15) is 20.3 Å². The highest BCUT2D eigenvalue weighted by molar-refractivity contribution is 7.86. The molecule has 2 atom stereocenters. The van der Waals surface area contributed by atoms with E-state index in [-0.39, 0.29) is 5.69 Å². The Balaban J connectivity index is 1.63. The van der Waals surface area contributed by atoms with Gasteiger partial charge in [-0.15, -0.1) is 0 Å². The number of hydrogen-bond donors (Lipinski definition) is 0. The Labute approximate surface area is 154 Å². The summed E-state index contributed by atoms with van der Waals surface area (Å²) in [6.07, 6.45) is 1.07. The molecule has 26 heavy (non-hydrogen) atoms. The molecule has 3 rings (SSSR count). The fraction of sp³-hybridized carbons (Fsp3) is 0.647. The summed E-state index contributed by atoms with van der Waals surface area (Å²) in [5.74, 6) is 0.768. The van der Waals surface area contributed by atoms with Crippen LogP contribution in [0.2, 0.25) is 0 Å². The molecule has 1 aromatic rings. The molecule has 2 saturated heterocycles. The van der Waals surface area contributed by atoms with Crippen molar-refractivity contribution >= 4 is 21.6 Å². The van der Waals surface area contributed by atoms with Crippen LogP contribution < -0.4 is 4.90 Å². The molecule has 0 N–H and O–H groups in total. The average Bonchev–Trinajstić information content (AvgIpc) is 2.61. The predicted octanol–water partition coefficient (Wildman–Crippen LogP) is 1.94. The lowest BCUT2D eigenvalue weighted by Gasteiger charge is -2.40. The lowest BCUT2D eigenvalue weighted by atomic mass is 9.94. The summed E-state index contributed by atoms with van der Waals surface area (Å²) in [7, 11) is -3.42. The predicted molar refractivity (Wildman–Crippen MR) is 100 cm³/mol. The van der Waals surface area contributed by atoms with Crippen LogP contribution >= 0.6 is 0 Å². The largest absolute Gasteiger partial charge is 0.369 e. The van der Waals surface area contributed by atoms with Crippen LogP contribution in [0.25, 0.3) is 0 Å². The van der Waals surface area contributed by atoms with E-state index in [9.17, 15) is 18.5 Å². The molecule has 0 spiro atoms. The second-order valence-electron chi connectivity index (χ2n) is 7.43. The first kappa shape index (κ1) is 19.1. The standard InChI is InChI=1S/C17H26N4O4S/c1-14-11-15(2)13-20(12-14)26(24,25)19-9-7-18(8-10-19)16-3-5-17(6-4-16)21(22)23/h3-6,14-15H,7-13H2,1-2H3/t14-,15-/m1/s1. The van der Waals surface area contributed by atoms with E-state index < -0.39 is 15.1 Å². The van der Waals surface area contributed by atoms with Gasteiger partial charge < -0.3 is 4.90 Å². The van der Waals surface area contributed by atoms with Crippen LogP contribution in [0.15, 0.2) is 24.3 Å². The number of anilines is 1. The lowest BCUT2D eigenvalue weighted by Crippen LogP contribution is -2.55. The minimum absolute atomic E-state index is 0.0586. The first-order valence-electron chi connectivity index (χ1n) is 9.02. The fourth-order valence-electron chi connectivity index (χ4n) is 3.92. The number of nitro benzene ring substituents is 1. The van der Waals surface area contributed by atoms with Gasteiger partial charge in [-0.3, -0.25) is 10.1 Å². The minimum Gasteiger partial charge on any atom is -0.369 e. The molecule has 2 aliphatic rings. The topological polar surface area (TPSA) is 87.0 Å². The van der Waals surface area contributed by atoms with Crippen LogP contribution in [0.5, 0.6) is 0 Å².